The third-order valence-electron chi connectivity index (χ3n) is 4.39. The highest BCUT2D eigenvalue weighted by atomic mass is 19.1. The summed E-state index contributed by atoms with van der Waals surface area (Å²) in [5.41, 5.74) is 0.938. The molecule has 1 aliphatic heterocycles. The summed E-state index contributed by atoms with van der Waals surface area (Å²) in [4.78, 5) is 25.8. The van der Waals surface area contributed by atoms with Crippen molar-refractivity contribution in [3.8, 4) is 11.5 Å². The fraction of sp³-hybridized carbons (Fsp3) is 0.300. The minimum Gasteiger partial charge on any atom is -0.497 e. The maximum atomic E-state index is 13.5. The third kappa shape index (κ3) is 4.75. The number of carbonyl (C=O) groups is 2. The molecule has 0 spiro atoms. The zero-order chi connectivity index (χ0) is 19.2. The minimum absolute atomic E-state index is 0.0407. The van der Waals surface area contributed by atoms with E-state index < -0.39 is 5.82 Å². The Hall–Kier alpha value is -3.09. The zero-order valence-corrected chi connectivity index (χ0v) is 15.0. The number of hydrogen-bond donors (Lipinski definition) is 1. The SMILES string of the molecule is COc1cccc(CNC(=O)C2CN(C(=O)COc3ccccc3F)C2)c1. The Balaban J connectivity index is 1.40. The van der Waals surface area contributed by atoms with Gasteiger partial charge in [0.2, 0.25) is 5.91 Å². The van der Waals surface area contributed by atoms with Crippen molar-refractivity contribution in [2.45, 2.75) is 6.54 Å². The van der Waals surface area contributed by atoms with Crippen molar-refractivity contribution in [3.05, 3.63) is 59.9 Å². The van der Waals surface area contributed by atoms with Gasteiger partial charge in [-0.25, -0.2) is 4.39 Å². The molecule has 1 heterocycles. The van der Waals surface area contributed by atoms with Crippen molar-refractivity contribution >= 4 is 11.8 Å². The predicted octanol–water partition coefficient (Wildman–Crippen LogP) is 1.99. The second kappa shape index (κ2) is 8.53. The van der Waals surface area contributed by atoms with Crippen molar-refractivity contribution in [1.29, 1.82) is 0 Å². The molecule has 0 aliphatic carbocycles. The van der Waals surface area contributed by atoms with Crippen LogP contribution in [0.5, 0.6) is 11.5 Å². The molecule has 6 nitrogen and oxygen atoms in total. The summed E-state index contributed by atoms with van der Waals surface area (Å²) >= 11 is 0. The molecule has 1 N–H and O–H groups in total. The quantitative estimate of drug-likeness (QED) is 0.807. The average molecular weight is 372 g/mol. The van der Waals surface area contributed by atoms with Crippen molar-refractivity contribution in [3.63, 3.8) is 0 Å². The van der Waals surface area contributed by atoms with Gasteiger partial charge < -0.3 is 19.7 Å². The van der Waals surface area contributed by atoms with Crippen molar-refractivity contribution in [1.82, 2.24) is 10.2 Å². The molecule has 7 heteroatoms. The summed E-state index contributed by atoms with van der Waals surface area (Å²) in [6.07, 6.45) is 0. The van der Waals surface area contributed by atoms with E-state index in [0.29, 0.717) is 19.6 Å². The summed E-state index contributed by atoms with van der Waals surface area (Å²) < 4.78 is 23.8. The Kier molecular flexibility index (Phi) is 5.90. The molecule has 0 atom stereocenters. The molecule has 142 valence electrons. The van der Waals surface area contributed by atoms with E-state index in [1.807, 2.05) is 24.3 Å². The van der Waals surface area contributed by atoms with Crippen LogP contribution in [0.2, 0.25) is 0 Å². The summed E-state index contributed by atoms with van der Waals surface area (Å²) in [6.45, 7) is 0.822. The van der Waals surface area contributed by atoms with E-state index in [-0.39, 0.29) is 30.1 Å². The number of rotatable bonds is 7. The van der Waals surface area contributed by atoms with Crippen LogP contribution >= 0.6 is 0 Å². The average Bonchev–Trinajstić information content (AvgIpc) is 2.64. The van der Waals surface area contributed by atoms with Crippen molar-refractivity contribution in [2.24, 2.45) is 5.92 Å². The van der Waals surface area contributed by atoms with Crippen molar-refractivity contribution in [2.75, 3.05) is 26.8 Å². The van der Waals surface area contributed by atoms with Gasteiger partial charge in [0.05, 0.1) is 13.0 Å². The Bertz CT molecular complexity index is 821. The van der Waals surface area contributed by atoms with Gasteiger partial charge in [0.1, 0.15) is 5.75 Å². The Labute approximate surface area is 156 Å². The van der Waals surface area contributed by atoms with Gasteiger partial charge in [-0.3, -0.25) is 9.59 Å². The molecule has 1 saturated heterocycles. The first-order valence-corrected chi connectivity index (χ1v) is 8.62. The normalized spacial score (nSPS) is 13.6. The number of hydrogen-bond acceptors (Lipinski definition) is 4. The van der Waals surface area contributed by atoms with Crippen LogP contribution in [-0.4, -0.2) is 43.5 Å². The Morgan fingerprint density at radius 1 is 1.19 bits per heavy atom. The third-order valence-corrected chi connectivity index (χ3v) is 4.39. The topological polar surface area (TPSA) is 67.9 Å². The summed E-state index contributed by atoms with van der Waals surface area (Å²) in [6, 6.07) is 13.4. The molecule has 0 bridgehead atoms. The van der Waals surface area contributed by atoms with Crippen LogP contribution < -0.4 is 14.8 Å². The monoisotopic (exact) mass is 372 g/mol. The second-order valence-corrected chi connectivity index (χ2v) is 6.28. The molecule has 2 aromatic rings. The molecular weight excluding hydrogens is 351 g/mol. The van der Waals surface area contributed by atoms with E-state index in [0.717, 1.165) is 11.3 Å². The second-order valence-electron chi connectivity index (χ2n) is 6.28. The summed E-state index contributed by atoms with van der Waals surface area (Å²) in [5.74, 6) is -0.348. The van der Waals surface area contributed by atoms with Crippen LogP contribution in [0.4, 0.5) is 4.39 Å². The van der Waals surface area contributed by atoms with Crippen LogP contribution in [0.25, 0.3) is 0 Å². The van der Waals surface area contributed by atoms with Gasteiger partial charge in [-0.05, 0) is 29.8 Å². The van der Waals surface area contributed by atoms with Gasteiger partial charge in [-0.2, -0.15) is 0 Å². The number of ether oxygens (including phenoxy) is 2. The first kappa shape index (κ1) is 18.7. The first-order chi connectivity index (χ1) is 13.1. The van der Waals surface area contributed by atoms with E-state index >= 15 is 0 Å². The fourth-order valence-electron chi connectivity index (χ4n) is 2.76. The number of nitrogens with zero attached hydrogens (tertiary/aromatic N) is 1. The summed E-state index contributed by atoms with van der Waals surface area (Å²) in [7, 11) is 1.59. The van der Waals surface area contributed by atoms with Crippen LogP contribution in [0.15, 0.2) is 48.5 Å². The highest BCUT2D eigenvalue weighted by molar-refractivity contribution is 5.85. The van der Waals surface area contributed by atoms with E-state index in [4.69, 9.17) is 9.47 Å². The number of para-hydroxylation sites is 1. The van der Waals surface area contributed by atoms with Gasteiger partial charge in [0, 0.05) is 19.6 Å². The minimum atomic E-state index is -0.510. The fourth-order valence-corrected chi connectivity index (χ4v) is 2.76. The number of amides is 2. The predicted molar refractivity (Wildman–Crippen MR) is 96.8 cm³/mol. The van der Waals surface area contributed by atoms with E-state index in [2.05, 4.69) is 5.32 Å². The van der Waals surface area contributed by atoms with Gasteiger partial charge in [-0.1, -0.05) is 24.3 Å². The number of nitrogens with one attached hydrogen (secondary N) is 1. The largest absolute Gasteiger partial charge is 0.497 e. The number of halogens is 1. The smallest absolute Gasteiger partial charge is 0.260 e. The standard InChI is InChI=1S/C20H21FN2O4/c1-26-16-6-4-5-14(9-16)10-22-20(25)15-11-23(12-15)19(24)13-27-18-8-3-2-7-17(18)21/h2-9,15H,10-13H2,1H3,(H,22,25). The van der Waals surface area contributed by atoms with Gasteiger partial charge in [0.25, 0.3) is 5.91 Å². The lowest BCUT2D eigenvalue weighted by molar-refractivity contribution is -0.144. The Morgan fingerprint density at radius 3 is 2.70 bits per heavy atom. The molecule has 2 aromatic carbocycles. The van der Waals surface area contributed by atoms with Gasteiger partial charge in [0.15, 0.2) is 18.2 Å². The number of benzene rings is 2. The molecule has 0 radical (unpaired) electrons. The highest BCUT2D eigenvalue weighted by Crippen LogP contribution is 2.19. The zero-order valence-electron chi connectivity index (χ0n) is 15.0. The maximum Gasteiger partial charge on any atom is 0.260 e. The molecule has 0 aromatic heterocycles. The van der Waals surface area contributed by atoms with Crippen LogP contribution in [0, 0.1) is 11.7 Å². The van der Waals surface area contributed by atoms with Gasteiger partial charge >= 0.3 is 0 Å². The highest BCUT2D eigenvalue weighted by Gasteiger charge is 2.35. The van der Waals surface area contributed by atoms with E-state index in [1.54, 1.807) is 19.2 Å². The molecule has 27 heavy (non-hydrogen) atoms. The lowest BCUT2D eigenvalue weighted by Gasteiger charge is -2.38. The molecule has 1 fully saturated rings. The number of likely N-dealkylation sites (tertiary alicyclic amines) is 1. The van der Waals surface area contributed by atoms with E-state index in [1.165, 1.54) is 17.0 Å². The van der Waals surface area contributed by atoms with Crippen molar-refractivity contribution < 1.29 is 23.5 Å². The molecule has 2 amide bonds. The number of carbonyl (C=O) groups excluding carboxylic acids is 2. The molecule has 0 unspecified atom stereocenters. The lowest BCUT2D eigenvalue weighted by atomic mass is 9.99. The summed E-state index contributed by atoms with van der Waals surface area (Å²) in [5, 5.41) is 2.86. The van der Waals surface area contributed by atoms with Crippen LogP contribution in [0.3, 0.4) is 0 Å². The molecule has 0 saturated carbocycles. The van der Waals surface area contributed by atoms with E-state index in [9.17, 15) is 14.0 Å². The first-order valence-electron chi connectivity index (χ1n) is 8.62. The lowest BCUT2D eigenvalue weighted by Crippen LogP contribution is -2.56. The van der Waals surface area contributed by atoms with Gasteiger partial charge in [-0.15, -0.1) is 0 Å². The Morgan fingerprint density at radius 2 is 1.96 bits per heavy atom. The number of methoxy groups -OCH3 is 1. The van der Waals surface area contributed by atoms with Crippen LogP contribution in [-0.2, 0) is 16.1 Å². The molecule has 1 aliphatic rings. The van der Waals surface area contributed by atoms with Crippen LogP contribution in [0.1, 0.15) is 5.56 Å². The maximum absolute atomic E-state index is 13.5. The molecule has 3 rings (SSSR count). The molecular formula is C20H21FN2O4.